The minimum Gasteiger partial charge on any atom is -0.372 e. The zero-order valence-electron chi connectivity index (χ0n) is 24.7. The van der Waals surface area contributed by atoms with Crippen LogP contribution in [0, 0.1) is 11.3 Å². The molecular formula is C32H43N5O4. The largest absolute Gasteiger partial charge is 0.372 e. The van der Waals surface area contributed by atoms with Gasteiger partial charge in [0.2, 0.25) is 11.8 Å². The average Bonchev–Trinajstić information content (AvgIpc) is 3.31. The normalized spacial score (nSPS) is 28.9. The fourth-order valence-corrected chi connectivity index (χ4v) is 7.65. The summed E-state index contributed by atoms with van der Waals surface area (Å²) in [4.78, 5) is 56.9. The molecule has 0 spiro atoms. The first-order valence-electron chi connectivity index (χ1n) is 15.6. The molecule has 2 aromatic rings. The number of hydrogen-bond donors (Lipinski definition) is 1. The molecule has 2 bridgehead atoms. The van der Waals surface area contributed by atoms with Gasteiger partial charge in [-0.25, -0.2) is 0 Å². The number of hydrogen-bond acceptors (Lipinski definition) is 6. The molecule has 1 saturated carbocycles. The minimum atomic E-state index is -0.476. The molecule has 2 saturated heterocycles. The Morgan fingerprint density at radius 3 is 2.61 bits per heavy atom. The second-order valence-corrected chi connectivity index (χ2v) is 13.0. The minimum absolute atomic E-state index is 0.0106. The Balaban J connectivity index is 1.42. The predicted octanol–water partition coefficient (Wildman–Crippen LogP) is 4.05. The van der Waals surface area contributed by atoms with Crippen molar-refractivity contribution in [1.29, 1.82) is 0 Å². The van der Waals surface area contributed by atoms with Crippen LogP contribution in [0.2, 0.25) is 0 Å². The number of piperidine rings is 1. The van der Waals surface area contributed by atoms with Crippen LogP contribution in [0.25, 0.3) is 10.9 Å². The number of carbonyl (C=O) groups excluding carboxylic acids is 4. The predicted molar refractivity (Wildman–Crippen MR) is 157 cm³/mol. The summed E-state index contributed by atoms with van der Waals surface area (Å²) in [5.41, 5.74) is 3.26. The zero-order chi connectivity index (χ0) is 28.9. The van der Waals surface area contributed by atoms with E-state index in [9.17, 15) is 19.2 Å². The van der Waals surface area contributed by atoms with Gasteiger partial charge in [0.15, 0.2) is 11.6 Å². The van der Waals surface area contributed by atoms with Gasteiger partial charge in [0.05, 0.1) is 11.6 Å². The van der Waals surface area contributed by atoms with Crippen molar-refractivity contribution in [3.63, 3.8) is 0 Å². The Morgan fingerprint density at radius 2 is 1.88 bits per heavy atom. The highest BCUT2D eigenvalue weighted by atomic mass is 16.2. The van der Waals surface area contributed by atoms with Crippen molar-refractivity contribution in [3.8, 4) is 0 Å². The molecule has 0 radical (unpaired) electrons. The van der Waals surface area contributed by atoms with Gasteiger partial charge in [-0.3, -0.25) is 23.9 Å². The van der Waals surface area contributed by atoms with Gasteiger partial charge >= 0.3 is 0 Å². The fraction of sp³-hybridized carbons (Fsp3) is 0.656. The molecule has 4 atom stereocenters. The van der Waals surface area contributed by atoms with Crippen LogP contribution in [0.1, 0.15) is 94.6 Å². The number of Topliss-reactive ketones (excluding diaryl/α,β-unsaturated/α-hetero) is 2. The van der Waals surface area contributed by atoms with Crippen LogP contribution >= 0.6 is 0 Å². The lowest BCUT2D eigenvalue weighted by atomic mass is 9.95. The summed E-state index contributed by atoms with van der Waals surface area (Å²) in [7, 11) is 0. The van der Waals surface area contributed by atoms with Crippen molar-refractivity contribution in [3.05, 3.63) is 23.4 Å². The molecule has 1 N–H and O–H groups in total. The van der Waals surface area contributed by atoms with Gasteiger partial charge in [0.25, 0.3) is 0 Å². The van der Waals surface area contributed by atoms with Crippen LogP contribution in [0.4, 0.5) is 5.69 Å². The van der Waals surface area contributed by atoms with Crippen LogP contribution in [0.3, 0.4) is 0 Å². The smallest absolute Gasteiger partial charge is 0.245 e. The highest BCUT2D eigenvalue weighted by Gasteiger charge is 2.66. The molecule has 220 valence electrons. The molecule has 3 fully saturated rings. The first kappa shape index (κ1) is 27.9. The maximum absolute atomic E-state index is 14.0. The standard InChI is InChI=1S/C32H43N5O4/c1-4-26(39)25-16-32-17-27(32)37(25)29(41)18-36-31-22(10-6-5-9-20(2)13-28(40)33-19-32)14-23(35-11-7-8-12-35)15-24(31)30(34-36)21(3)38/h14-15,20,25,27H,4-13,16-19H2,1-3H3,(H,33,40)/t20-,25+,27-,32+/m1/s1. The molecule has 4 heterocycles. The summed E-state index contributed by atoms with van der Waals surface area (Å²) in [5.74, 6) is 0.144. The van der Waals surface area contributed by atoms with Gasteiger partial charge in [-0.2, -0.15) is 5.10 Å². The van der Waals surface area contributed by atoms with Crippen molar-refractivity contribution in [2.24, 2.45) is 11.3 Å². The number of aryl methyl sites for hydroxylation is 1. The number of nitrogens with zero attached hydrogens (tertiary/aromatic N) is 4. The number of rotatable bonds is 4. The van der Waals surface area contributed by atoms with Crippen molar-refractivity contribution >= 4 is 40.0 Å². The second kappa shape index (κ2) is 10.9. The number of carbonyl (C=O) groups is 4. The van der Waals surface area contributed by atoms with Crippen LogP contribution < -0.4 is 10.2 Å². The summed E-state index contributed by atoms with van der Waals surface area (Å²) in [6.07, 6.45) is 8.27. The van der Waals surface area contributed by atoms with Crippen molar-refractivity contribution < 1.29 is 19.2 Å². The number of benzene rings is 1. The van der Waals surface area contributed by atoms with E-state index in [1.165, 1.54) is 0 Å². The molecule has 3 aliphatic heterocycles. The maximum atomic E-state index is 14.0. The molecule has 1 aliphatic carbocycles. The van der Waals surface area contributed by atoms with Gasteiger partial charge in [0.1, 0.15) is 12.2 Å². The number of aromatic nitrogens is 2. The number of amides is 2. The van der Waals surface area contributed by atoms with E-state index in [1.807, 2.05) is 6.92 Å². The van der Waals surface area contributed by atoms with Crippen molar-refractivity contribution in [2.75, 3.05) is 24.5 Å². The Kier molecular flexibility index (Phi) is 7.41. The lowest BCUT2D eigenvalue weighted by molar-refractivity contribution is -0.139. The van der Waals surface area contributed by atoms with E-state index in [-0.39, 0.29) is 47.3 Å². The van der Waals surface area contributed by atoms with Gasteiger partial charge in [-0.1, -0.05) is 26.7 Å². The Labute approximate surface area is 242 Å². The Hall–Kier alpha value is -3.23. The second-order valence-electron chi connectivity index (χ2n) is 13.0. The lowest BCUT2D eigenvalue weighted by Gasteiger charge is -2.26. The lowest BCUT2D eigenvalue weighted by Crippen LogP contribution is -2.44. The third-order valence-electron chi connectivity index (χ3n) is 9.99. The first-order valence-corrected chi connectivity index (χ1v) is 15.6. The molecule has 1 aromatic heterocycles. The fourth-order valence-electron chi connectivity index (χ4n) is 7.65. The monoisotopic (exact) mass is 561 g/mol. The Bertz CT molecular complexity index is 1390. The molecule has 6 rings (SSSR count). The molecule has 41 heavy (non-hydrogen) atoms. The highest BCUT2D eigenvalue weighted by Crippen LogP contribution is 2.59. The molecule has 4 aliphatic rings. The van der Waals surface area contributed by atoms with Gasteiger partial charge in [0, 0.05) is 61.9 Å². The van der Waals surface area contributed by atoms with Crippen LogP contribution in [-0.4, -0.2) is 69.8 Å². The summed E-state index contributed by atoms with van der Waals surface area (Å²) in [5, 5.41) is 8.70. The average molecular weight is 562 g/mol. The van der Waals surface area contributed by atoms with Crippen LogP contribution in [-0.2, 0) is 27.3 Å². The van der Waals surface area contributed by atoms with E-state index in [0.717, 1.165) is 80.2 Å². The summed E-state index contributed by atoms with van der Waals surface area (Å²) in [6.45, 7) is 8.01. The van der Waals surface area contributed by atoms with E-state index >= 15 is 0 Å². The summed E-state index contributed by atoms with van der Waals surface area (Å²) < 4.78 is 1.73. The van der Waals surface area contributed by atoms with Crippen molar-refractivity contribution in [2.45, 2.75) is 104 Å². The molecular weight excluding hydrogens is 518 g/mol. The molecule has 9 heteroatoms. The topological polar surface area (TPSA) is 105 Å². The maximum Gasteiger partial charge on any atom is 0.245 e. The molecule has 0 unspecified atom stereocenters. The summed E-state index contributed by atoms with van der Waals surface area (Å²) >= 11 is 0. The molecule has 2 amide bonds. The van der Waals surface area contributed by atoms with Gasteiger partial charge in [-0.15, -0.1) is 0 Å². The van der Waals surface area contributed by atoms with Crippen molar-refractivity contribution in [1.82, 2.24) is 20.0 Å². The quantitative estimate of drug-likeness (QED) is 0.565. The third kappa shape index (κ3) is 5.17. The Morgan fingerprint density at radius 1 is 1.10 bits per heavy atom. The summed E-state index contributed by atoms with van der Waals surface area (Å²) in [6, 6.07) is 3.79. The van der Waals surface area contributed by atoms with Gasteiger partial charge < -0.3 is 15.1 Å². The molecule has 9 nitrogen and oxygen atoms in total. The van der Waals surface area contributed by atoms with E-state index in [1.54, 1.807) is 16.5 Å². The van der Waals surface area contributed by atoms with Gasteiger partial charge in [-0.05, 0) is 62.1 Å². The van der Waals surface area contributed by atoms with Crippen LogP contribution in [0.5, 0.6) is 0 Å². The third-order valence-corrected chi connectivity index (χ3v) is 9.99. The zero-order valence-corrected chi connectivity index (χ0v) is 24.7. The number of nitrogens with one attached hydrogen (secondary N) is 1. The van der Waals surface area contributed by atoms with E-state index in [4.69, 9.17) is 5.10 Å². The van der Waals surface area contributed by atoms with E-state index in [0.29, 0.717) is 31.5 Å². The number of ketones is 2. The SMILES string of the molecule is CCC(=O)[C@@H]1C[C@]23CNC(=O)C[C@H](C)CCCCc4cc(N5CCCC5)cc5c(C(C)=O)nn(c45)CC(=O)N1[C@@H]2C3. The first-order chi connectivity index (χ1) is 19.7. The highest BCUT2D eigenvalue weighted by molar-refractivity contribution is 6.07. The number of anilines is 1. The molecule has 1 aromatic carbocycles. The van der Waals surface area contributed by atoms with E-state index in [2.05, 4.69) is 29.3 Å². The van der Waals surface area contributed by atoms with E-state index < -0.39 is 6.04 Å². The van der Waals surface area contributed by atoms with Crippen LogP contribution in [0.15, 0.2) is 12.1 Å².